The Kier molecular flexibility index (Phi) is 7.10. The van der Waals surface area contributed by atoms with Crippen LogP contribution in [0.2, 0.25) is 0 Å². The average molecular weight is 315 g/mol. The summed E-state index contributed by atoms with van der Waals surface area (Å²) >= 11 is 4.94. The summed E-state index contributed by atoms with van der Waals surface area (Å²) in [5.41, 5.74) is 3.23. The van der Waals surface area contributed by atoms with Gasteiger partial charge in [-0.25, -0.2) is 0 Å². The second-order valence-corrected chi connectivity index (χ2v) is 4.07. The van der Waals surface area contributed by atoms with E-state index in [1.54, 1.807) is 12.1 Å². The SMILES string of the molecule is C=CCNC(=S)NN=Cc1ccc(OC(F)F)c(OC)c1. The summed E-state index contributed by atoms with van der Waals surface area (Å²) in [7, 11) is 1.36. The first-order valence-corrected chi connectivity index (χ1v) is 6.28. The van der Waals surface area contributed by atoms with Crippen LogP contribution in [0, 0.1) is 0 Å². The molecule has 0 aliphatic carbocycles. The molecule has 0 atom stereocenters. The predicted octanol–water partition coefficient (Wildman–Crippen LogP) is 2.28. The van der Waals surface area contributed by atoms with Gasteiger partial charge in [0.15, 0.2) is 16.6 Å². The number of halogens is 2. The van der Waals surface area contributed by atoms with Gasteiger partial charge < -0.3 is 14.8 Å². The Balaban J connectivity index is 2.67. The maximum atomic E-state index is 12.2. The van der Waals surface area contributed by atoms with Crippen LogP contribution >= 0.6 is 12.2 Å². The highest BCUT2D eigenvalue weighted by Crippen LogP contribution is 2.28. The van der Waals surface area contributed by atoms with Crippen molar-refractivity contribution in [2.75, 3.05) is 13.7 Å². The fourth-order valence-corrected chi connectivity index (χ4v) is 1.46. The van der Waals surface area contributed by atoms with Gasteiger partial charge in [0.1, 0.15) is 0 Å². The minimum Gasteiger partial charge on any atom is -0.493 e. The number of thiocarbonyl (C=S) groups is 1. The third-order valence-corrected chi connectivity index (χ3v) is 2.43. The molecule has 0 heterocycles. The molecule has 114 valence electrons. The van der Waals surface area contributed by atoms with Gasteiger partial charge in [0.05, 0.1) is 13.3 Å². The first-order valence-electron chi connectivity index (χ1n) is 5.87. The Labute approximate surface area is 126 Å². The van der Waals surface area contributed by atoms with Gasteiger partial charge in [0, 0.05) is 6.54 Å². The smallest absolute Gasteiger partial charge is 0.387 e. The zero-order valence-corrected chi connectivity index (χ0v) is 12.1. The van der Waals surface area contributed by atoms with Crippen LogP contribution in [0.3, 0.4) is 0 Å². The van der Waals surface area contributed by atoms with E-state index in [9.17, 15) is 8.78 Å². The molecular weight excluding hydrogens is 300 g/mol. The summed E-state index contributed by atoms with van der Waals surface area (Å²) in [6, 6.07) is 4.45. The fourth-order valence-electron chi connectivity index (χ4n) is 1.33. The lowest BCUT2D eigenvalue weighted by Gasteiger charge is -2.10. The quantitative estimate of drug-likeness (QED) is 0.350. The molecule has 5 nitrogen and oxygen atoms in total. The van der Waals surface area contributed by atoms with Gasteiger partial charge in [-0.15, -0.1) is 6.58 Å². The Morgan fingerprint density at radius 2 is 2.24 bits per heavy atom. The van der Waals surface area contributed by atoms with Crippen LogP contribution < -0.4 is 20.2 Å². The fraction of sp³-hybridized carbons (Fsp3) is 0.231. The van der Waals surface area contributed by atoms with Crippen molar-refractivity contribution in [2.24, 2.45) is 5.10 Å². The monoisotopic (exact) mass is 315 g/mol. The molecule has 0 spiro atoms. The van der Waals surface area contributed by atoms with Gasteiger partial charge in [-0.3, -0.25) is 5.43 Å². The topological polar surface area (TPSA) is 54.9 Å². The number of hydrazone groups is 1. The minimum absolute atomic E-state index is 0.0409. The number of nitrogens with one attached hydrogen (secondary N) is 2. The van der Waals surface area contributed by atoms with Gasteiger partial charge in [-0.05, 0) is 36.0 Å². The zero-order chi connectivity index (χ0) is 15.7. The normalized spacial score (nSPS) is 10.5. The van der Waals surface area contributed by atoms with Gasteiger partial charge in [0.25, 0.3) is 0 Å². The molecule has 1 aromatic carbocycles. The molecule has 0 amide bonds. The maximum Gasteiger partial charge on any atom is 0.387 e. The summed E-state index contributed by atoms with van der Waals surface area (Å²) in [5, 5.41) is 7.08. The molecule has 0 saturated carbocycles. The molecule has 1 aromatic rings. The van der Waals surface area contributed by atoms with Gasteiger partial charge in [-0.1, -0.05) is 6.08 Å². The molecular formula is C13H15F2N3O2S. The molecule has 0 saturated heterocycles. The molecule has 0 bridgehead atoms. The highest BCUT2D eigenvalue weighted by atomic mass is 32.1. The van der Waals surface area contributed by atoms with E-state index in [0.717, 1.165) is 0 Å². The summed E-state index contributed by atoms with van der Waals surface area (Å²) in [5.74, 6) is 0.146. The van der Waals surface area contributed by atoms with Crippen molar-refractivity contribution in [1.82, 2.24) is 10.7 Å². The number of methoxy groups -OCH3 is 1. The van der Waals surface area contributed by atoms with Crippen LogP contribution in [-0.4, -0.2) is 31.6 Å². The number of hydrogen-bond donors (Lipinski definition) is 2. The number of alkyl halides is 2. The van der Waals surface area contributed by atoms with Crippen molar-refractivity contribution < 1.29 is 18.3 Å². The van der Waals surface area contributed by atoms with E-state index in [1.807, 2.05) is 0 Å². The maximum absolute atomic E-state index is 12.2. The lowest BCUT2D eigenvalue weighted by molar-refractivity contribution is -0.0512. The van der Waals surface area contributed by atoms with Crippen LogP contribution in [0.25, 0.3) is 0 Å². The standard InChI is InChI=1S/C13H15F2N3O2S/c1-3-6-16-13(21)18-17-8-9-4-5-10(20-12(14)15)11(7-9)19-2/h3-5,7-8,12H,1,6H2,2H3,(H2,16,18,21). The van der Waals surface area contributed by atoms with E-state index in [2.05, 4.69) is 27.2 Å². The van der Waals surface area contributed by atoms with Crippen LogP contribution in [0.5, 0.6) is 11.5 Å². The first-order chi connectivity index (χ1) is 10.1. The Bertz CT molecular complexity index is 524. The number of benzene rings is 1. The molecule has 0 fully saturated rings. The molecule has 1 rings (SSSR count). The third kappa shape index (κ3) is 6.17. The number of ether oxygens (including phenoxy) is 2. The molecule has 0 radical (unpaired) electrons. The Hall–Kier alpha value is -2.22. The molecule has 8 heteroatoms. The molecule has 2 N–H and O–H groups in total. The number of hydrogen-bond acceptors (Lipinski definition) is 4. The summed E-state index contributed by atoms with van der Waals surface area (Å²) < 4.78 is 33.7. The first kappa shape index (κ1) is 16.8. The van der Waals surface area contributed by atoms with Crippen molar-refractivity contribution >= 4 is 23.5 Å². The van der Waals surface area contributed by atoms with Crippen molar-refractivity contribution in [1.29, 1.82) is 0 Å². The average Bonchev–Trinajstić information content (AvgIpc) is 2.46. The second kappa shape index (κ2) is 8.85. The second-order valence-electron chi connectivity index (χ2n) is 3.66. The summed E-state index contributed by atoms with van der Waals surface area (Å²) in [6.45, 7) is 1.15. The van der Waals surface area contributed by atoms with E-state index < -0.39 is 6.61 Å². The van der Waals surface area contributed by atoms with E-state index in [-0.39, 0.29) is 11.5 Å². The van der Waals surface area contributed by atoms with E-state index in [1.165, 1.54) is 25.5 Å². The van der Waals surface area contributed by atoms with Gasteiger partial charge >= 0.3 is 6.61 Å². The van der Waals surface area contributed by atoms with Crippen LogP contribution in [0.1, 0.15) is 5.56 Å². The lowest BCUT2D eigenvalue weighted by atomic mass is 10.2. The molecule has 0 aliphatic rings. The van der Waals surface area contributed by atoms with Crippen molar-refractivity contribution in [3.05, 3.63) is 36.4 Å². The van der Waals surface area contributed by atoms with Gasteiger partial charge in [-0.2, -0.15) is 13.9 Å². The Morgan fingerprint density at radius 3 is 2.86 bits per heavy atom. The molecule has 21 heavy (non-hydrogen) atoms. The third-order valence-electron chi connectivity index (χ3n) is 2.19. The zero-order valence-electron chi connectivity index (χ0n) is 11.3. The molecule has 0 unspecified atom stereocenters. The summed E-state index contributed by atoms with van der Waals surface area (Å²) in [6.07, 6.45) is 3.13. The van der Waals surface area contributed by atoms with Crippen LogP contribution in [0.15, 0.2) is 36.0 Å². The molecule has 0 aromatic heterocycles. The number of rotatable bonds is 7. The summed E-state index contributed by atoms with van der Waals surface area (Å²) in [4.78, 5) is 0. The highest BCUT2D eigenvalue weighted by molar-refractivity contribution is 7.80. The Morgan fingerprint density at radius 1 is 1.48 bits per heavy atom. The van der Waals surface area contributed by atoms with E-state index in [4.69, 9.17) is 17.0 Å². The number of nitrogens with zero attached hydrogens (tertiary/aromatic N) is 1. The predicted molar refractivity (Wildman–Crippen MR) is 81.2 cm³/mol. The minimum atomic E-state index is -2.91. The lowest BCUT2D eigenvalue weighted by Crippen LogP contribution is -2.31. The van der Waals surface area contributed by atoms with Gasteiger partial charge in [0.2, 0.25) is 0 Å². The highest BCUT2D eigenvalue weighted by Gasteiger charge is 2.10. The van der Waals surface area contributed by atoms with Crippen LogP contribution in [-0.2, 0) is 0 Å². The van der Waals surface area contributed by atoms with E-state index >= 15 is 0 Å². The van der Waals surface area contributed by atoms with Crippen molar-refractivity contribution in [3.8, 4) is 11.5 Å². The largest absolute Gasteiger partial charge is 0.493 e. The molecule has 0 aliphatic heterocycles. The van der Waals surface area contributed by atoms with Crippen LogP contribution in [0.4, 0.5) is 8.78 Å². The van der Waals surface area contributed by atoms with Crippen molar-refractivity contribution in [3.63, 3.8) is 0 Å². The van der Waals surface area contributed by atoms with E-state index in [0.29, 0.717) is 17.2 Å². The van der Waals surface area contributed by atoms with Crippen molar-refractivity contribution in [2.45, 2.75) is 6.61 Å².